The summed E-state index contributed by atoms with van der Waals surface area (Å²) in [6.07, 6.45) is 4.77. The number of rotatable bonds is 6. The second-order valence-electron chi connectivity index (χ2n) is 8.15. The number of nitro groups is 1. The molecule has 1 aromatic carbocycles. The fourth-order valence-electron chi connectivity index (χ4n) is 3.57. The average Bonchev–Trinajstić information content (AvgIpc) is 3.14. The maximum absolute atomic E-state index is 12.5. The van der Waals surface area contributed by atoms with Gasteiger partial charge in [-0.15, -0.1) is 11.8 Å². The number of benzene rings is 1. The molecule has 2 N–H and O–H groups in total. The van der Waals surface area contributed by atoms with Crippen molar-refractivity contribution in [3.63, 3.8) is 0 Å². The fourth-order valence-corrected chi connectivity index (χ4v) is 4.99. The maximum atomic E-state index is 12.5. The Balaban J connectivity index is 1.48. The van der Waals surface area contributed by atoms with E-state index in [0.717, 1.165) is 24.2 Å². The van der Waals surface area contributed by atoms with Gasteiger partial charge in [-0.3, -0.25) is 25.0 Å². The van der Waals surface area contributed by atoms with Gasteiger partial charge in [0.05, 0.1) is 15.8 Å². The summed E-state index contributed by atoms with van der Waals surface area (Å²) < 4.78 is 0. The lowest BCUT2D eigenvalue weighted by Gasteiger charge is -2.38. The topological polar surface area (TPSA) is 105 Å². The molecule has 3 rings (SSSR count). The van der Waals surface area contributed by atoms with Gasteiger partial charge in [0.1, 0.15) is 0 Å². The summed E-state index contributed by atoms with van der Waals surface area (Å²) in [7, 11) is 0. The number of carbonyl (C=O) groups excluding carboxylic acids is 2. The van der Waals surface area contributed by atoms with Crippen molar-refractivity contribution >= 4 is 35.3 Å². The van der Waals surface area contributed by atoms with Crippen LogP contribution in [0.25, 0.3) is 6.08 Å². The summed E-state index contributed by atoms with van der Waals surface area (Å²) in [5.74, 6) is 1.15. The number of nitro benzene ring substituents is 1. The number of amides is 2. The number of non-ortho nitro benzene ring substituents is 1. The Morgan fingerprint density at radius 2 is 2.00 bits per heavy atom. The van der Waals surface area contributed by atoms with Gasteiger partial charge in [-0.05, 0) is 42.5 Å². The first-order valence-corrected chi connectivity index (χ1v) is 11.2. The number of nitrogens with one attached hydrogen (secondary N) is 2. The zero-order chi connectivity index (χ0) is 21.7. The minimum absolute atomic E-state index is 0.0255. The van der Waals surface area contributed by atoms with Gasteiger partial charge in [0.2, 0.25) is 11.8 Å². The summed E-state index contributed by atoms with van der Waals surface area (Å²) in [6, 6.07) is 5.91. The Hall–Kier alpha value is -2.39. The van der Waals surface area contributed by atoms with Crippen molar-refractivity contribution in [2.45, 2.75) is 37.6 Å². The van der Waals surface area contributed by atoms with E-state index in [4.69, 9.17) is 0 Å². The van der Waals surface area contributed by atoms with Gasteiger partial charge in [-0.2, -0.15) is 0 Å². The lowest BCUT2D eigenvalue weighted by molar-refractivity contribution is -0.384. The number of carbonyl (C=O) groups is 2. The maximum Gasteiger partial charge on any atom is 0.269 e. The largest absolute Gasteiger partial charge is 0.354 e. The minimum atomic E-state index is -0.449. The number of nitrogens with zero attached hydrogens (tertiary/aromatic N) is 2. The summed E-state index contributed by atoms with van der Waals surface area (Å²) in [5, 5.41) is 17.2. The van der Waals surface area contributed by atoms with Crippen LogP contribution in [0.3, 0.4) is 0 Å². The van der Waals surface area contributed by atoms with Crippen molar-refractivity contribution in [3.8, 4) is 0 Å². The van der Waals surface area contributed by atoms with Crippen molar-refractivity contribution in [2.75, 3.05) is 25.4 Å². The molecule has 0 saturated carbocycles. The van der Waals surface area contributed by atoms with Crippen molar-refractivity contribution < 1.29 is 14.5 Å². The molecule has 2 fully saturated rings. The lowest BCUT2D eigenvalue weighted by Crippen LogP contribution is -2.54. The molecule has 1 atom stereocenters. The first-order chi connectivity index (χ1) is 14.3. The van der Waals surface area contributed by atoms with E-state index in [0.29, 0.717) is 25.6 Å². The van der Waals surface area contributed by atoms with Crippen LogP contribution in [-0.4, -0.2) is 57.9 Å². The highest BCUT2D eigenvalue weighted by Crippen LogP contribution is 2.39. The van der Waals surface area contributed by atoms with Crippen LogP contribution in [0.4, 0.5) is 5.69 Å². The minimum Gasteiger partial charge on any atom is -0.354 e. The normalized spacial score (nSPS) is 20.8. The van der Waals surface area contributed by atoms with Gasteiger partial charge in [0, 0.05) is 43.6 Å². The highest BCUT2D eigenvalue weighted by atomic mass is 32.2. The van der Waals surface area contributed by atoms with Gasteiger partial charge >= 0.3 is 0 Å². The molecule has 0 aromatic heterocycles. The smallest absolute Gasteiger partial charge is 0.269 e. The van der Waals surface area contributed by atoms with E-state index in [2.05, 4.69) is 24.5 Å². The van der Waals surface area contributed by atoms with E-state index >= 15 is 0 Å². The summed E-state index contributed by atoms with van der Waals surface area (Å²) in [6.45, 7) is 6.08. The van der Waals surface area contributed by atoms with Crippen molar-refractivity contribution in [1.29, 1.82) is 0 Å². The third-order valence-electron chi connectivity index (χ3n) is 5.37. The molecule has 9 heteroatoms. The van der Waals surface area contributed by atoms with Crippen LogP contribution in [0.15, 0.2) is 30.3 Å². The van der Waals surface area contributed by atoms with Crippen molar-refractivity contribution in [1.82, 2.24) is 15.5 Å². The SMILES string of the molecule is CC(C)CNC(=O)C1CSC2(CCN(C(=O)C=Cc3ccc([N+](=O)[O-])cc3)CC2)N1. The average molecular weight is 433 g/mol. The Morgan fingerprint density at radius 1 is 1.33 bits per heavy atom. The molecule has 2 aliphatic rings. The molecular weight excluding hydrogens is 404 g/mol. The molecule has 1 spiro atoms. The van der Waals surface area contributed by atoms with E-state index < -0.39 is 4.92 Å². The van der Waals surface area contributed by atoms with Crippen molar-refractivity contribution in [2.24, 2.45) is 5.92 Å². The molecule has 162 valence electrons. The highest BCUT2D eigenvalue weighted by molar-refractivity contribution is 8.01. The second kappa shape index (κ2) is 9.61. The molecule has 2 saturated heterocycles. The molecule has 8 nitrogen and oxygen atoms in total. The van der Waals surface area contributed by atoms with E-state index in [-0.39, 0.29) is 28.4 Å². The molecule has 1 aromatic rings. The van der Waals surface area contributed by atoms with Crippen LogP contribution in [-0.2, 0) is 9.59 Å². The second-order valence-corrected chi connectivity index (χ2v) is 9.55. The Kier molecular flexibility index (Phi) is 7.14. The standard InChI is InChI=1S/C21H28N4O4S/c1-15(2)13-22-20(27)18-14-30-21(23-18)9-11-24(12-10-21)19(26)8-5-16-3-6-17(7-4-16)25(28)29/h3-8,15,18,23H,9-14H2,1-2H3,(H,22,27). The van der Waals surface area contributed by atoms with Crippen LogP contribution in [0.1, 0.15) is 32.3 Å². The van der Waals surface area contributed by atoms with E-state index in [9.17, 15) is 19.7 Å². The monoisotopic (exact) mass is 432 g/mol. The first kappa shape index (κ1) is 22.3. The van der Waals surface area contributed by atoms with Gasteiger partial charge in [-0.25, -0.2) is 0 Å². The molecule has 0 radical (unpaired) electrons. The highest BCUT2D eigenvalue weighted by Gasteiger charge is 2.44. The first-order valence-electron chi connectivity index (χ1n) is 10.2. The van der Waals surface area contributed by atoms with Gasteiger partial charge in [-0.1, -0.05) is 13.8 Å². The van der Waals surface area contributed by atoms with Crippen molar-refractivity contribution in [3.05, 3.63) is 46.0 Å². The molecule has 30 heavy (non-hydrogen) atoms. The van der Waals surface area contributed by atoms with Crippen LogP contribution in [0.2, 0.25) is 0 Å². The lowest BCUT2D eigenvalue weighted by atomic mass is 10.0. The third-order valence-corrected chi connectivity index (χ3v) is 6.95. The number of hydrogen-bond acceptors (Lipinski definition) is 6. The fraction of sp³-hybridized carbons (Fsp3) is 0.524. The number of likely N-dealkylation sites (tertiary alicyclic amines) is 1. The molecule has 2 aliphatic heterocycles. The molecule has 2 amide bonds. The van der Waals surface area contributed by atoms with Crippen LogP contribution < -0.4 is 10.6 Å². The quantitative estimate of drug-likeness (QED) is 0.406. The summed E-state index contributed by atoms with van der Waals surface area (Å²) in [5.41, 5.74) is 0.767. The predicted octanol–water partition coefficient (Wildman–Crippen LogP) is 2.40. The van der Waals surface area contributed by atoms with Crippen LogP contribution >= 0.6 is 11.8 Å². The van der Waals surface area contributed by atoms with Gasteiger partial charge in [0.25, 0.3) is 5.69 Å². The summed E-state index contributed by atoms with van der Waals surface area (Å²) >= 11 is 1.78. The zero-order valence-electron chi connectivity index (χ0n) is 17.3. The van der Waals surface area contributed by atoms with Crippen LogP contribution in [0, 0.1) is 16.0 Å². The van der Waals surface area contributed by atoms with E-state index in [1.54, 1.807) is 30.0 Å². The molecule has 1 unspecified atom stereocenters. The predicted molar refractivity (Wildman–Crippen MR) is 118 cm³/mol. The zero-order valence-corrected chi connectivity index (χ0v) is 18.1. The van der Waals surface area contributed by atoms with E-state index in [1.165, 1.54) is 18.2 Å². The van der Waals surface area contributed by atoms with Gasteiger partial charge in [0.15, 0.2) is 0 Å². The Bertz CT molecular complexity index is 817. The third kappa shape index (κ3) is 5.60. The number of thioether (sulfide) groups is 1. The molecule has 0 bridgehead atoms. The van der Waals surface area contributed by atoms with E-state index in [1.807, 2.05) is 4.90 Å². The Labute approximate surface area is 180 Å². The van der Waals surface area contributed by atoms with Crippen LogP contribution in [0.5, 0.6) is 0 Å². The summed E-state index contributed by atoms with van der Waals surface area (Å²) in [4.78, 5) is 36.8. The number of piperidine rings is 1. The molecule has 2 heterocycles. The number of hydrogen-bond donors (Lipinski definition) is 2. The van der Waals surface area contributed by atoms with Gasteiger partial charge < -0.3 is 10.2 Å². The Morgan fingerprint density at radius 3 is 2.60 bits per heavy atom. The molecule has 0 aliphatic carbocycles. The molecular formula is C21H28N4O4S.